The number of hydrogen-bond acceptors (Lipinski definition) is 4. The molecule has 4 rings (SSSR count). The van der Waals surface area contributed by atoms with Crippen LogP contribution in [0.4, 0.5) is 5.69 Å². The number of anilines is 1. The Labute approximate surface area is 188 Å². The molecular weight excluding hydrogens is 441 g/mol. The van der Waals surface area contributed by atoms with E-state index in [1.54, 1.807) is 6.07 Å². The predicted molar refractivity (Wildman–Crippen MR) is 123 cm³/mol. The van der Waals surface area contributed by atoms with Crippen LogP contribution in [0.3, 0.4) is 0 Å². The van der Waals surface area contributed by atoms with Crippen LogP contribution in [0.5, 0.6) is 0 Å². The number of hydrogen-bond donors (Lipinski definition) is 0. The number of halogens is 2. The molecular formula is C23H25Cl2NO3S. The number of rotatable bonds is 5. The second-order valence-corrected chi connectivity index (χ2v) is 12.0. The minimum atomic E-state index is -2.90. The van der Waals surface area contributed by atoms with Gasteiger partial charge in [-0.2, -0.15) is 0 Å². The third kappa shape index (κ3) is 4.39. The summed E-state index contributed by atoms with van der Waals surface area (Å²) in [6, 6.07) is 11.7. The Morgan fingerprint density at radius 3 is 2.40 bits per heavy atom. The number of ketones is 1. The van der Waals surface area contributed by atoms with Gasteiger partial charge < -0.3 is 4.90 Å². The summed E-state index contributed by atoms with van der Waals surface area (Å²) in [4.78, 5) is 15.0. The number of sulfone groups is 1. The van der Waals surface area contributed by atoms with Gasteiger partial charge >= 0.3 is 0 Å². The Kier molecular flexibility index (Phi) is 5.67. The predicted octanol–water partition coefficient (Wildman–Crippen LogP) is 5.09. The molecule has 1 atom stereocenters. The van der Waals surface area contributed by atoms with E-state index in [4.69, 9.17) is 23.2 Å². The number of nitrogens with zero attached hydrogens (tertiary/aromatic N) is 1. The average Bonchev–Trinajstić information content (AvgIpc) is 3.03. The summed E-state index contributed by atoms with van der Waals surface area (Å²) in [6.45, 7) is 5.93. The second-order valence-electron chi connectivity index (χ2n) is 8.96. The molecule has 2 aliphatic heterocycles. The van der Waals surface area contributed by atoms with E-state index in [0.717, 1.165) is 36.3 Å². The maximum atomic E-state index is 12.6. The van der Waals surface area contributed by atoms with Crippen molar-refractivity contribution in [3.63, 3.8) is 0 Å². The highest BCUT2D eigenvalue weighted by atomic mass is 35.5. The van der Waals surface area contributed by atoms with Crippen molar-refractivity contribution < 1.29 is 13.2 Å². The van der Waals surface area contributed by atoms with Gasteiger partial charge in [-0.25, -0.2) is 8.42 Å². The van der Waals surface area contributed by atoms with Crippen LogP contribution in [0.15, 0.2) is 36.4 Å². The lowest BCUT2D eigenvalue weighted by Crippen LogP contribution is -2.37. The molecule has 7 heteroatoms. The fourth-order valence-corrected chi connectivity index (χ4v) is 6.74. The zero-order valence-corrected chi connectivity index (χ0v) is 19.4. The number of aryl methyl sites for hydroxylation is 1. The van der Waals surface area contributed by atoms with Gasteiger partial charge in [0.1, 0.15) is 0 Å². The molecule has 0 amide bonds. The quantitative estimate of drug-likeness (QED) is 0.577. The molecule has 2 heterocycles. The lowest BCUT2D eigenvalue weighted by Gasteiger charge is -2.27. The van der Waals surface area contributed by atoms with Gasteiger partial charge in [0.05, 0.1) is 11.5 Å². The van der Waals surface area contributed by atoms with E-state index in [0.29, 0.717) is 22.0 Å². The molecule has 0 bridgehead atoms. The summed E-state index contributed by atoms with van der Waals surface area (Å²) in [5, 5.41) is 1.30. The van der Waals surface area contributed by atoms with Crippen molar-refractivity contribution in [3.8, 4) is 0 Å². The molecule has 0 N–H and O–H groups in total. The van der Waals surface area contributed by atoms with Crippen molar-refractivity contribution in [1.29, 1.82) is 0 Å². The van der Waals surface area contributed by atoms with Crippen LogP contribution in [0.1, 0.15) is 41.3 Å². The Bertz CT molecular complexity index is 1080. The molecule has 1 unspecified atom stereocenters. The first-order valence-corrected chi connectivity index (χ1v) is 12.7. The molecule has 30 heavy (non-hydrogen) atoms. The summed E-state index contributed by atoms with van der Waals surface area (Å²) < 4.78 is 22.7. The largest absolute Gasteiger partial charge is 0.371 e. The summed E-state index contributed by atoms with van der Waals surface area (Å²) in [5.41, 5.74) is 3.80. The smallest absolute Gasteiger partial charge is 0.163 e. The first kappa shape index (κ1) is 21.7. The molecule has 4 nitrogen and oxygen atoms in total. The summed E-state index contributed by atoms with van der Waals surface area (Å²) in [5.74, 6) is 0.259. The van der Waals surface area contributed by atoms with Crippen molar-refractivity contribution in [2.45, 2.75) is 32.1 Å². The van der Waals surface area contributed by atoms with Gasteiger partial charge in [-0.15, -0.1) is 0 Å². The Balaban J connectivity index is 1.47. The molecule has 2 aromatic carbocycles. The fraction of sp³-hybridized carbons (Fsp3) is 0.435. The van der Waals surface area contributed by atoms with Crippen LogP contribution < -0.4 is 4.90 Å². The molecule has 2 aliphatic rings. The van der Waals surface area contributed by atoms with Crippen LogP contribution in [0.25, 0.3) is 0 Å². The molecule has 2 saturated heterocycles. The Morgan fingerprint density at radius 1 is 1.13 bits per heavy atom. The molecule has 2 aromatic rings. The van der Waals surface area contributed by atoms with Crippen LogP contribution in [0, 0.1) is 12.8 Å². The third-order valence-electron chi connectivity index (χ3n) is 6.36. The highest BCUT2D eigenvalue weighted by Gasteiger charge is 2.37. The van der Waals surface area contributed by atoms with Crippen molar-refractivity contribution in [1.82, 2.24) is 0 Å². The van der Waals surface area contributed by atoms with Crippen LogP contribution in [-0.4, -0.2) is 38.8 Å². The van der Waals surface area contributed by atoms with E-state index in [2.05, 4.69) is 17.9 Å². The van der Waals surface area contributed by atoms with Crippen molar-refractivity contribution in [2.24, 2.45) is 5.92 Å². The minimum absolute atomic E-state index is 0.0266. The summed E-state index contributed by atoms with van der Waals surface area (Å²) >= 11 is 12.4. The van der Waals surface area contributed by atoms with E-state index in [1.165, 1.54) is 0 Å². The lowest BCUT2D eigenvalue weighted by atomic mass is 9.82. The van der Waals surface area contributed by atoms with Gasteiger partial charge in [0.2, 0.25) is 0 Å². The van der Waals surface area contributed by atoms with E-state index < -0.39 is 9.84 Å². The van der Waals surface area contributed by atoms with E-state index in [-0.39, 0.29) is 28.6 Å². The number of carbonyl (C=O) groups excluding carboxylic acids is 1. The topological polar surface area (TPSA) is 54.5 Å². The first-order chi connectivity index (χ1) is 14.0. The standard InChI is InChI=1S/C23H25Cl2NO3S/c1-15-7-20(3-4-21(15)22(27)8-16-12-30(28,29)13-16)26-6-5-23(2,14-26)17-9-18(24)11-19(25)10-17/h3-4,7,9-11,16H,5-6,8,12-14H2,1-2H3. The van der Waals surface area contributed by atoms with Crippen LogP contribution in [-0.2, 0) is 15.3 Å². The first-order valence-electron chi connectivity index (χ1n) is 10.1. The fourth-order valence-electron chi connectivity index (χ4n) is 4.64. The van der Waals surface area contributed by atoms with Crippen molar-refractivity contribution >= 4 is 44.5 Å². The van der Waals surface area contributed by atoms with Crippen molar-refractivity contribution in [3.05, 3.63) is 63.1 Å². The molecule has 0 radical (unpaired) electrons. The number of carbonyl (C=O) groups is 1. The Hall–Kier alpha value is -1.56. The number of Topliss-reactive ketones (excluding diaryl/α,β-unsaturated/α-hetero) is 1. The van der Waals surface area contributed by atoms with Crippen LogP contribution in [0.2, 0.25) is 10.0 Å². The van der Waals surface area contributed by atoms with Gasteiger partial charge in [-0.05, 0) is 66.8 Å². The SMILES string of the molecule is Cc1cc(N2CCC(C)(c3cc(Cl)cc(Cl)c3)C2)ccc1C(=O)CC1CS(=O)(=O)C1. The monoisotopic (exact) mass is 465 g/mol. The zero-order valence-electron chi connectivity index (χ0n) is 17.1. The van der Waals surface area contributed by atoms with Gasteiger partial charge in [0.15, 0.2) is 15.6 Å². The second kappa shape index (κ2) is 7.85. The normalized spacial score (nSPS) is 23.4. The van der Waals surface area contributed by atoms with Gasteiger partial charge in [-0.3, -0.25) is 4.79 Å². The van der Waals surface area contributed by atoms with Gasteiger partial charge in [0.25, 0.3) is 0 Å². The number of benzene rings is 2. The van der Waals surface area contributed by atoms with Gasteiger partial charge in [-0.1, -0.05) is 30.1 Å². The van der Waals surface area contributed by atoms with E-state index in [1.807, 2.05) is 31.2 Å². The van der Waals surface area contributed by atoms with E-state index >= 15 is 0 Å². The lowest BCUT2D eigenvalue weighted by molar-refractivity contribution is 0.0966. The molecule has 2 fully saturated rings. The highest BCUT2D eigenvalue weighted by Crippen LogP contribution is 2.39. The maximum absolute atomic E-state index is 12.6. The Morgan fingerprint density at radius 2 is 1.80 bits per heavy atom. The van der Waals surface area contributed by atoms with Gasteiger partial charge in [0, 0.05) is 46.2 Å². The molecule has 160 valence electrons. The summed E-state index contributed by atoms with van der Waals surface area (Å²) in [7, 11) is -2.90. The maximum Gasteiger partial charge on any atom is 0.163 e. The highest BCUT2D eigenvalue weighted by molar-refractivity contribution is 7.92. The molecule has 0 saturated carbocycles. The van der Waals surface area contributed by atoms with E-state index in [9.17, 15) is 13.2 Å². The third-order valence-corrected chi connectivity index (χ3v) is 8.76. The molecule has 0 spiro atoms. The summed E-state index contributed by atoms with van der Waals surface area (Å²) in [6.07, 6.45) is 1.29. The minimum Gasteiger partial charge on any atom is -0.371 e. The average molecular weight is 466 g/mol. The molecule has 0 aromatic heterocycles. The zero-order chi connectivity index (χ0) is 21.7. The molecule has 0 aliphatic carbocycles. The van der Waals surface area contributed by atoms with Crippen molar-refractivity contribution in [2.75, 3.05) is 29.5 Å². The van der Waals surface area contributed by atoms with Crippen LogP contribution >= 0.6 is 23.2 Å².